The van der Waals surface area contributed by atoms with Gasteiger partial charge in [0, 0.05) is 6.26 Å². The summed E-state index contributed by atoms with van der Waals surface area (Å²) in [6.07, 6.45) is 0.981. The summed E-state index contributed by atoms with van der Waals surface area (Å²) in [4.78, 5) is 0. The van der Waals surface area contributed by atoms with Gasteiger partial charge in [0.25, 0.3) is 5.16 Å². The summed E-state index contributed by atoms with van der Waals surface area (Å²) in [6, 6.07) is 5.34. The van der Waals surface area contributed by atoms with Crippen LogP contribution < -0.4 is 0 Å². The molecule has 84 valence electrons. The van der Waals surface area contributed by atoms with Gasteiger partial charge in [0.2, 0.25) is 9.84 Å². The van der Waals surface area contributed by atoms with Gasteiger partial charge in [0.15, 0.2) is 0 Å². The molecule has 0 aliphatic carbocycles. The van der Waals surface area contributed by atoms with Crippen LogP contribution in [0.4, 0.5) is 4.39 Å². The third-order valence-corrected chi connectivity index (χ3v) is 2.74. The van der Waals surface area contributed by atoms with Gasteiger partial charge >= 0.3 is 0 Å². The van der Waals surface area contributed by atoms with Gasteiger partial charge in [-0.05, 0) is 28.6 Å². The number of hydrogen-bond donors (Lipinski definition) is 0. The van der Waals surface area contributed by atoms with Crippen molar-refractivity contribution in [2.24, 2.45) is 0 Å². The fraction of sp³-hybridized carbons (Fsp3) is 0.125. The molecule has 1 heterocycles. The Morgan fingerprint density at radius 2 is 2.12 bits per heavy atom. The van der Waals surface area contributed by atoms with E-state index >= 15 is 0 Å². The summed E-state index contributed by atoms with van der Waals surface area (Å²) in [5.41, 5.74) is 0.255. The summed E-state index contributed by atoms with van der Waals surface area (Å²) >= 11 is 0. The van der Waals surface area contributed by atoms with Crippen molar-refractivity contribution in [2.45, 2.75) is 5.16 Å². The Balaban J connectivity index is 2.62. The number of halogens is 1. The molecule has 0 saturated carbocycles. The Morgan fingerprint density at radius 3 is 2.75 bits per heavy atom. The van der Waals surface area contributed by atoms with Crippen LogP contribution in [0.1, 0.15) is 0 Å². The number of aromatic nitrogens is 4. The van der Waals surface area contributed by atoms with Crippen LogP contribution in [0.5, 0.6) is 0 Å². The van der Waals surface area contributed by atoms with Gasteiger partial charge in [-0.25, -0.2) is 12.8 Å². The largest absolute Gasteiger partial charge is 0.272 e. The van der Waals surface area contributed by atoms with Crippen molar-refractivity contribution in [3.8, 4) is 5.69 Å². The first-order chi connectivity index (χ1) is 7.48. The van der Waals surface area contributed by atoms with E-state index in [0.29, 0.717) is 0 Å². The van der Waals surface area contributed by atoms with Crippen molar-refractivity contribution < 1.29 is 12.8 Å². The molecule has 0 unspecified atom stereocenters. The van der Waals surface area contributed by atoms with Crippen LogP contribution >= 0.6 is 0 Å². The minimum atomic E-state index is -3.55. The van der Waals surface area contributed by atoms with Crippen LogP contribution in [0.15, 0.2) is 29.4 Å². The molecule has 0 aliphatic heterocycles. The average molecular weight is 242 g/mol. The van der Waals surface area contributed by atoms with Gasteiger partial charge in [0.1, 0.15) is 5.82 Å². The van der Waals surface area contributed by atoms with Crippen molar-refractivity contribution in [1.82, 2.24) is 20.2 Å². The smallest absolute Gasteiger partial charge is 0.221 e. The number of sulfone groups is 1. The van der Waals surface area contributed by atoms with E-state index in [1.807, 2.05) is 0 Å². The Kier molecular flexibility index (Phi) is 2.43. The minimum absolute atomic E-state index is 0.255. The summed E-state index contributed by atoms with van der Waals surface area (Å²) < 4.78 is 36.6. The van der Waals surface area contributed by atoms with Crippen LogP contribution in [0.25, 0.3) is 5.69 Å². The first kappa shape index (κ1) is 10.7. The van der Waals surface area contributed by atoms with Crippen LogP contribution in [0.2, 0.25) is 0 Å². The molecule has 16 heavy (non-hydrogen) atoms. The molecule has 0 bridgehead atoms. The number of rotatable bonds is 2. The van der Waals surface area contributed by atoms with Gasteiger partial charge in [0.05, 0.1) is 5.69 Å². The maximum absolute atomic E-state index is 13.0. The number of tetrazole rings is 1. The molecule has 0 fully saturated rings. The molecule has 1 aromatic carbocycles. The molecule has 0 atom stereocenters. The molecule has 0 N–H and O–H groups in total. The minimum Gasteiger partial charge on any atom is -0.221 e. The molecule has 0 amide bonds. The third-order valence-electron chi connectivity index (χ3n) is 1.83. The van der Waals surface area contributed by atoms with Gasteiger partial charge in [-0.3, -0.25) is 0 Å². The summed E-state index contributed by atoms with van der Waals surface area (Å²) in [5.74, 6) is -0.493. The lowest BCUT2D eigenvalue weighted by atomic mass is 10.3. The third kappa shape index (κ3) is 1.91. The van der Waals surface area contributed by atoms with E-state index in [2.05, 4.69) is 15.5 Å². The standard InChI is InChI=1S/C8H7FN4O2S/c1-16(14,15)8-10-11-12-13(8)7-4-2-3-6(9)5-7/h2-5H,1H3. The lowest BCUT2D eigenvalue weighted by Gasteiger charge is -2.02. The van der Waals surface area contributed by atoms with Crippen molar-refractivity contribution in [2.75, 3.05) is 6.26 Å². The molecule has 2 aromatic rings. The normalized spacial score (nSPS) is 11.6. The molecule has 0 radical (unpaired) electrons. The molecular formula is C8H7FN4O2S. The zero-order valence-electron chi connectivity index (χ0n) is 8.20. The highest BCUT2D eigenvalue weighted by molar-refractivity contribution is 7.90. The molecule has 0 spiro atoms. The fourth-order valence-electron chi connectivity index (χ4n) is 1.18. The average Bonchev–Trinajstić information content (AvgIpc) is 2.65. The highest BCUT2D eigenvalue weighted by Crippen LogP contribution is 2.12. The molecular weight excluding hydrogens is 235 g/mol. The predicted octanol–water partition coefficient (Wildman–Crippen LogP) is 0.205. The van der Waals surface area contributed by atoms with E-state index < -0.39 is 15.7 Å². The van der Waals surface area contributed by atoms with Crippen LogP contribution in [-0.2, 0) is 9.84 Å². The SMILES string of the molecule is CS(=O)(=O)c1nnnn1-c1cccc(F)c1. The lowest BCUT2D eigenvalue weighted by Crippen LogP contribution is -2.09. The lowest BCUT2D eigenvalue weighted by molar-refractivity contribution is 0.584. The van der Waals surface area contributed by atoms with E-state index in [-0.39, 0.29) is 10.8 Å². The Morgan fingerprint density at radius 1 is 1.38 bits per heavy atom. The molecule has 2 rings (SSSR count). The van der Waals surface area contributed by atoms with Crippen molar-refractivity contribution in [1.29, 1.82) is 0 Å². The number of benzene rings is 1. The van der Waals surface area contributed by atoms with Crippen molar-refractivity contribution in [3.05, 3.63) is 30.1 Å². The van der Waals surface area contributed by atoms with E-state index in [9.17, 15) is 12.8 Å². The van der Waals surface area contributed by atoms with Gasteiger partial charge < -0.3 is 0 Å². The molecule has 1 aromatic heterocycles. The maximum Gasteiger partial charge on any atom is 0.272 e. The monoisotopic (exact) mass is 242 g/mol. The second-order valence-electron chi connectivity index (χ2n) is 3.13. The van der Waals surface area contributed by atoms with Crippen molar-refractivity contribution in [3.63, 3.8) is 0 Å². The zero-order chi connectivity index (χ0) is 11.8. The first-order valence-electron chi connectivity index (χ1n) is 4.23. The van der Waals surface area contributed by atoms with Gasteiger partial charge in [-0.2, -0.15) is 4.68 Å². The summed E-state index contributed by atoms with van der Waals surface area (Å²) in [6.45, 7) is 0. The van der Waals surface area contributed by atoms with Crippen molar-refractivity contribution >= 4 is 9.84 Å². The van der Waals surface area contributed by atoms with E-state index in [1.165, 1.54) is 18.2 Å². The quantitative estimate of drug-likeness (QED) is 0.752. The highest BCUT2D eigenvalue weighted by atomic mass is 32.2. The second-order valence-corrected chi connectivity index (χ2v) is 5.03. The predicted molar refractivity (Wildman–Crippen MR) is 52.2 cm³/mol. The molecule has 8 heteroatoms. The number of nitrogens with zero attached hydrogens (tertiary/aromatic N) is 4. The maximum atomic E-state index is 13.0. The fourth-order valence-corrected chi connectivity index (χ4v) is 1.82. The van der Waals surface area contributed by atoms with Crippen LogP contribution in [0.3, 0.4) is 0 Å². The van der Waals surface area contributed by atoms with E-state index in [1.54, 1.807) is 0 Å². The Bertz CT molecular complexity index is 622. The highest BCUT2D eigenvalue weighted by Gasteiger charge is 2.18. The van der Waals surface area contributed by atoms with E-state index in [4.69, 9.17) is 0 Å². The Hall–Kier alpha value is -1.83. The molecule has 0 saturated heterocycles. The second kappa shape index (κ2) is 3.63. The van der Waals surface area contributed by atoms with Crippen LogP contribution in [0, 0.1) is 5.82 Å². The van der Waals surface area contributed by atoms with E-state index in [0.717, 1.165) is 17.0 Å². The van der Waals surface area contributed by atoms with Gasteiger partial charge in [-0.15, -0.1) is 0 Å². The topological polar surface area (TPSA) is 77.7 Å². The molecule has 6 nitrogen and oxygen atoms in total. The van der Waals surface area contributed by atoms with Crippen LogP contribution in [-0.4, -0.2) is 34.9 Å². The summed E-state index contributed by atoms with van der Waals surface area (Å²) in [7, 11) is -3.55. The molecule has 0 aliphatic rings. The zero-order valence-corrected chi connectivity index (χ0v) is 9.02. The van der Waals surface area contributed by atoms with Gasteiger partial charge in [-0.1, -0.05) is 11.2 Å². The summed E-state index contributed by atoms with van der Waals surface area (Å²) in [5, 5.41) is 9.82. The Labute approximate surface area is 90.6 Å². The number of hydrogen-bond acceptors (Lipinski definition) is 5. The first-order valence-corrected chi connectivity index (χ1v) is 6.12.